The van der Waals surface area contributed by atoms with Crippen LogP contribution in [0.1, 0.15) is 83.9 Å². The molecule has 0 bridgehead atoms. The highest BCUT2D eigenvalue weighted by Gasteiger charge is 2.26. The number of halogens is 3. The van der Waals surface area contributed by atoms with Gasteiger partial charge in [-0.1, -0.05) is 64.9 Å². The number of rotatable bonds is 15. The molecule has 0 saturated carbocycles. The highest BCUT2D eigenvalue weighted by Crippen LogP contribution is 2.17. The van der Waals surface area contributed by atoms with Gasteiger partial charge in [0.15, 0.2) is 0 Å². The molecule has 0 saturated heterocycles. The predicted molar refractivity (Wildman–Crippen MR) is 133 cm³/mol. The molecule has 1 aromatic heterocycles. The number of carbonyl (C=O) groups excluding carboxylic acids is 1. The van der Waals surface area contributed by atoms with Gasteiger partial charge < -0.3 is 22.2 Å². The van der Waals surface area contributed by atoms with Crippen molar-refractivity contribution in [3.8, 4) is 0 Å². The van der Waals surface area contributed by atoms with Gasteiger partial charge in [-0.15, -0.1) is 11.3 Å². The Labute approximate surface area is 197 Å². The Balaban J connectivity index is 0.000000604. The molecule has 0 aromatic carbocycles. The second kappa shape index (κ2) is 17.2. The van der Waals surface area contributed by atoms with Crippen molar-refractivity contribution in [2.24, 2.45) is 0 Å². The second-order valence-corrected chi connectivity index (χ2v) is 9.31. The Morgan fingerprint density at radius 3 is 1.69 bits per heavy atom. The number of carbonyl (C=O) groups is 1. The summed E-state index contributed by atoms with van der Waals surface area (Å²) < 4.78 is 42.4. The number of ether oxygens (including phenoxy) is 1. The van der Waals surface area contributed by atoms with Crippen molar-refractivity contribution in [1.82, 2.24) is 0 Å². The minimum Gasteiger partial charge on any atom is -0.466 e. The molecular weight excluding hydrogens is 434 g/mol. The first-order valence-electron chi connectivity index (χ1n) is 12.1. The van der Waals surface area contributed by atoms with Crippen LogP contribution in [0, 0.1) is 0 Å². The summed E-state index contributed by atoms with van der Waals surface area (Å²) in [6.45, 7) is 10.1. The number of esters is 1. The number of quaternary nitrogens is 1. The summed E-state index contributed by atoms with van der Waals surface area (Å²) in [6, 6.07) is 1.00. The van der Waals surface area contributed by atoms with Crippen molar-refractivity contribution in [3.05, 3.63) is 22.4 Å². The van der Waals surface area contributed by atoms with E-state index in [2.05, 4.69) is 32.4 Å². The third-order valence-corrected chi connectivity index (χ3v) is 6.46. The molecule has 3 nitrogen and oxygen atoms in total. The summed E-state index contributed by atoms with van der Waals surface area (Å²) in [5, 5.41) is 1.02. The number of thiophene rings is 1. The van der Waals surface area contributed by atoms with Crippen molar-refractivity contribution in [3.63, 3.8) is 0 Å². The van der Waals surface area contributed by atoms with Gasteiger partial charge >= 0.3 is 12.9 Å². The van der Waals surface area contributed by atoms with E-state index in [0.717, 1.165) is 28.9 Å². The van der Waals surface area contributed by atoms with E-state index >= 15 is 0 Å². The van der Waals surface area contributed by atoms with Gasteiger partial charge in [0, 0.05) is 11.0 Å². The van der Waals surface area contributed by atoms with E-state index in [1.807, 2.05) is 0 Å². The SMILES string of the molecule is CCCC[N+](CCCC)(CCCC)CCCC.COC(=O)/C=C/c1cc([B-](F)(F)F)cs1. The normalized spacial score (nSPS) is 12.0. The van der Waals surface area contributed by atoms with E-state index in [1.54, 1.807) is 0 Å². The molecule has 0 unspecified atom stereocenters. The molecule has 0 aliphatic heterocycles. The number of nitrogens with zero attached hydrogens (tertiary/aromatic N) is 1. The lowest BCUT2D eigenvalue weighted by atomic mass is 9.82. The Morgan fingerprint density at radius 2 is 1.38 bits per heavy atom. The average molecular weight is 477 g/mol. The molecule has 186 valence electrons. The topological polar surface area (TPSA) is 26.3 Å². The maximum Gasteiger partial charge on any atom is 0.510 e. The second-order valence-electron chi connectivity index (χ2n) is 8.36. The molecule has 0 spiro atoms. The lowest BCUT2D eigenvalue weighted by Crippen LogP contribution is -2.50. The van der Waals surface area contributed by atoms with Crippen LogP contribution in [0.5, 0.6) is 0 Å². The molecule has 0 aliphatic rings. The third-order valence-electron chi connectivity index (χ3n) is 5.55. The van der Waals surface area contributed by atoms with Gasteiger partial charge in [-0.25, -0.2) is 4.79 Å². The summed E-state index contributed by atoms with van der Waals surface area (Å²) in [6.07, 6.45) is 13.4. The molecular formula is C24H43BF3NO2S. The van der Waals surface area contributed by atoms with Crippen LogP contribution < -0.4 is 5.46 Å². The molecule has 0 aliphatic carbocycles. The first kappa shape index (κ1) is 30.7. The van der Waals surface area contributed by atoms with Crippen LogP contribution >= 0.6 is 11.3 Å². The van der Waals surface area contributed by atoms with E-state index in [9.17, 15) is 17.7 Å². The number of methoxy groups -OCH3 is 1. The summed E-state index contributed by atoms with van der Waals surface area (Å²) in [5.74, 6) is -0.595. The number of hydrogen-bond acceptors (Lipinski definition) is 3. The summed E-state index contributed by atoms with van der Waals surface area (Å²) in [7, 11) is 1.20. The van der Waals surface area contributed by atoms with Gasteiger partial charge in [0.25, 0.3) is 0 Å². The molecule has 8 heteroatoms. The smallest absolute Gasteiger partial charge is 0.466 e. The van der Waals surface area contributed by atoms with Crippen molar-refractivity contribution in [2.45, 2.75) is 79.1 Å². The first-order chi connectivity index (χ1) is 15.2. The zero-order valence-corrected chi connectivity index (χ0v) is 21.5. The standard InChI is InChI=1S/C16H36N.C8H7BF3O2S/c1-5-9-13-17(14-10-6-2,15-11-7-3)16-12-8-4;1-14-8(13)3-2-7-4-6(5-15-7)9(10,11)12/h5-16H2,1-4H3;2-5H,1H3/q+1;-1/b;3-2+. The van der Waals surface area contributed by atoms with E-state index in [-0.39, 0.29) is 0 Å². The summed E-state index contributed by atoms with van der Waals surface area (Å²) >= 11 is 0.930. The fraction of sp³-hybridized carbons (Fsp3) is 0.708. The molecule has 0 fully saturated rings. The molecule has 0 atom stereocenters. The van der Waals surface area contributed by atoms with Crippen LogP contribution in [0.4, 0.5) is 12.9 Å². The van der Waals surface area contributed by atoms with Crippen LogP contribution in [-0.4, -0.2) is 50.7 Å². The molecule has 1 heterocycles. The van der Waals surface area contributed by atoms with Gasteiger partial charge in [0.05, 0.1) is 33.3 Å². The number of unbranched alkanes of at least 4 members (excludes halogenated alkanes) is 4. The minimum atomic E-state index is -4.96. The highest BCUT2D eigenvalue weighted by molar-refractivity contribution is 7.12. The van der Waals surface area contributed by atoms with E-state index in [1.165, 1.54) is 95.2 Å². The Bertz CT molecular complexity index is 610. The van der Waals surface area contributed by atoms with Gasteiger partial charge in [-0.05, 0) is 37.1 Å². The van der Waals surface area contributed by atoms with Gasteiger partial charge in [-0.3, -0.25) is 0 Å². The third kappa shape index (κ3) is 13.3. The monoisotopic (exact) mass is 477 g/mol. The van der Waals surface area contributed by atoms with Crippen molar-refractivity contribution in [2.75, 3.05) is 33.3 Å². The molecule has 0 N–H and O–H groups in total. The maximum atomic E-state index is 12.2. The summed E-state index contributed by atoms with van der Waals surface area (Å²) in [4.78, 5) is 11.0. The average Bonchev–Trinajstić information content (AvgIpc) is 3.26. The zero-order valence-electron chi connectivity index (χ0n) is 20.7. The van der Waals surface area contributed by atoms with Crippen LogP contribution in [-0.2, 0) is 9.53 Å². The molecule has 32 heavy (non-hydrogen) atoms. The molecule has 0 radical (unpaired) electrons. The number of hydrogen-bond donors (Lipinski definition) is 0. The van der Waals surface area contributed by atoms with Crippen LogP contribution in [0.25, 0.3) is 6.08 Å². The van der Waals surface area contributed by atoms with E-state index < -0.39 is 18.4 Å². The lowest BCUT2D eigenvalue weighted by Gasteiger charge is -2.39. The van der Waals surface area contributed by atoms with E-state index in [4.69, 9.17) is 0 Å². The van der Waals surface area contributed by atoms with Crippen molar-refractivity contribution >= 4 is 35.8 Å². The largest absolute Gasteiger partial charge is 0.510 e. The Morgan fingerprint density at radius 1 is 0.938 bits per heavy atom. The van der Waals surface area contributed by atoms with Crippen LogP contribution in [0.3, 0.4) is 0 Å². The quantitative estimate of drug-likeness (QED) is 0.118. The Kier molecular flexibility index (Phi) is 16.5. The van der Waals surface area contributed by atoms with Gasteiger partial charge in [-0.2, -0.15) is 0 Å². The molecule has 0 amide bonds. The van der Waals surface area contributed by atoms with Crippen molar-refractivity contribution in [1.29, 1.82) is 0 Å². The van der Waals surface area contributed by atoms with Gasteiger partial charge in [0.2, 0.25) is 0 Å². The predicted octanol–water partition coefficient (Wildman–Crippen LogP) is 6.99. The zero-order chi connectivity index (χ0) is 24.5. The van der Waals surface area contributed by atoms with Crippen LogP contribution in [0.2, 0.25) is 0 Å². The van der Waals surface area contributed by atoms with Gasteiger partial charge in [0.1, 0.15) is 0 Å². The maximum absolute atomic E-state index is 12.2. The first-order valence-corrected chi connectivity index (χ1v) is 12.9. The highest BCUT2D eigenvalue weighted by atomic mass is 32.1. The fourth-order valence-corrected chi connectivity index (χ4v) is 4.34. The van der Waals surface area contributed by atoms with Crippen molar-refractivity contribution < 1.29 is 27.0 Å². The fourth-order valence-electron chi connectivity index (χ4n) is 3.49. The molecule has 1 rings (SSSR count). The molecule has 1 aromatic rings. The lowest BCUT2D eigenvalue weighted by molar-refractivity contribution is -0.929. The minimum absolute atomic E-state index is 0.370. The summed E-state index contributed by atoms with van der Waals surface area (Å²) in [5.41, 5.74) is -0.649. The van der Waals surface area contributed by atoms with Crippen LogP contribution in [0.15, 0.2) is 17.5 Å². The van der Waals surface area contributed by atoms with E-state index in [0.29, 0.717) is 4.88 Å². The Hall–Kier alpha value is -1.28.